The van der Waals surface area contributed by atoms with E-state index in [2.05, 4.69) is 35.6 Å². The molecule has 1 aromatic carbocycles. The molecule has 2 heterocycles. The number of ether oxygens (including phenoxy) is 2. The lowest BCUT2D eigenvalue weighted by molar-refractivity contribution is 0.122. The highest BCUT2D eigenvalue weighted by atomic mass is 79.9. The lowest BCUT2D eigenvalue weighted by atomic mass is 10.3. The van der Waals surface area contributed by atoms with E-state index in [0.29, 0.717) is 36.4 Å². The molecule has 6 nitrogen and oxygen atoms in total. The molecule has 0 bridgehead atoms. The Bertz CT molecular complexity index is 754. The van der Waals surface area contributed by atoms with Crippen LogP contribution in [-0.4, -0.2) is 36.3 Å². The third kappa shape index (κ3) is 3.78. The van der Waals surface area contributed by atoms with Crippen molar-refractivity contribution >= 4 is 27.4 Å². The van der Waals surface area contributed by atoms with E-state index in [1.54, 1.807) is 18.2 Å². The molecule has 0 amide bonds. The van der Waals surface area contributed by atoms with Gasteiger partial charge in [0.25, 0.3) is 0 Å². The summed E-state index contributed by atoms with van der Waals surface area (Å²) in [5.74, 6) is 2.49. The van der Waals surface area contributed by atoms with Crippen LogP contribution in [0.1, 0.15) is 5.82 Å². The first-order valence-corrected chi connectivity index (χ1v) is 7.98. The van der Waals surface area contributed by atoms with Gasteiger partial charge >= 0.3 is 0 Å². The SMILES string of the molecule is [C-]#[N+]c1ccc(Br)c(Oc2cc(N3CCOCC3)nc(C)n2)c1. The summed E-state index contributed by atoms with van der Waals surface area (Å²) in [5, 5.41) is 0. The van der Waals surface area contributed by atoms with Gasteiger partial charge < -0.3 is 14.4 Å². The van der Waals surface area contributed by atoms with Crippen LogP contribution in [0.5, 0.6) is 11.6 Å². The van der Waals surface area contributed by atoms with Crippen LogP contribution < -0.4 is 9.64 Å². The molecule has 0 N–H and O–H groups in total. The number of aryl methyl sites for hydroxylation is 1. The number of hydrogen-bond donors (Lipinski definition) is 0. The highest BCUT2D eigenvalue weighted by Crippen LogP contribution is 2.33. The Morgan fingerprint density at radius 3 is 2.78 bits per heavy atom. The molecule has 1 fully saturated rings. The molecule has 1 aromatic heterocycles. The second-order valence-electron chi connectivity index (χ2n) is 5.04. The summed E-state index contributed by atoms with van der Waals surface area (Å²) in [5.41, 5.74) is 0.516. The topological polar surface area (TPSA) is 51.8 Å². The van der Waals surface area contributed by atoms with Gasteiger partial charge in [-0.25, -0.2) is 9.83 Å². The number of halogens is 1. The van der Waals surface area contributed by atoms with Crippen molar-refractivity contribution in [1.82, 2.24) is 9.97 Å². The van der Waals surface area contributed by atoms with Gasteiger partial charge in [0, 0.05) is 19.2 Å². The fraction of sp³-hybridized carbons (Fsp3) is 0.312. The van der Waals surface area contributed by atoms with Crippen molar-refractivity contribution in [1.29, 1.82) is 0 Å². The van der Waals surface area contributed by atoms with E-state index in [1.165, 1.54) is 0 Å². The average molecular weight is 375 g/mol. The summed E-state index contributed by atoms with van der Waals surface area (Å²) in [7, 11) is 0. The van der Waals surface area contributed by atoms with E-state index >= 15 is 0 Å². The zero-order valence-electron chi connectivity index (χ0n) is 12.6. The van der Waals surface area contributed by atoms with Gasteiger partial charge in [0.15, 0.2) is 5.69 Å². The van der Waals surface area contributed by atoms with Gasteiger partial charge in [-0.3, -0.25) is 0 Å². The number of aromatic nitrogens is 2. The van der Waals surface area contributed by atoms with Crippen LogP contribution in [0.3, 0.4) is 0 Å². The van der Waals surface area contributed by atoms with Crippen LogP contribution in [0.25, 0.3) is 4.85 Å². The maximum absolute atomic E-state index is 7.10. The lowest BCUT2D eigenvalue weighted by Crippen LogP contribution is -2.36. The Hall–Kier alpha value is -2.17. The third-order valence-electron chi connectivity index (χ3n) is 3.39. The second-order valence-corrected chi connectivity index (χ2v) is 5.89. The van der Waals surface area contributed by atoms with Gasteiger partial charge in [0.2, 0.25) is 5.88 Å². The van der Waals surface area contributed by atoms with E-state index in [4.69, 9.17) is 16.0 Å². The Morgan fingerprint density at radius 2 is 2.04 bits per heavy atom. The van der Waals surface area contributed by atoms with Crippen LogP contribution in [0.4, 0.5) is 11.5 Å². The van der Waals surface area contributed by atoms with Gasteiger partial charge in [0.05, 0.1) is 24.3 Å². The fourth-order valence-electron chi connectivity index (χ4n) is 2.28. The monoisotopic (exact) mass is 374 g/mol. The quantitative estimate of drug-likeness (QED) is 0.766. The number of benzene rings is 1. The van der Waals surface area contributed by atoms with Crippen molar-refractivity contribution in [2.24, 2.45) is 0 Å². The largest absolute Gasteiger partial charge is 0.439 e. The van der Waals surface area contributed by atoms with Gasteiger partial charge in [-0.2, -0.15) is 4.98 Å². The van der Waals surface area contributed by atoms with E-state index in [1.807, 2.05) is 13.0 Å². The Kier molecular flexibility index (Phi) is 4.74. The molecule has 0 atom stereocenters. The van der Waals surface area contributed by atoms with E-state index in [0.717, 1.165) is 23.4 Å². The van der Waals surface area contributed by atoms with Gasteiger partial charge in [0.1, 0.15) is 17.4 Å². The molecule has 2 aromatic rings. The molecule has 0 radical (unpaired) electrons. The van der Waals surface area contributed by atoms with Crippen molar-refractivity contribution in [3.05, 3.63) is 46.0 Å². The molecule has 1 aliphatic heterocycles. The van der Waals surface area contributed by atoms with Crippen molar-refractivity contribution in [2.75, 3.05) is 31.2 Å². The van der Waals surface area contributed by atoms with Gasteiger partial charge in [-0.1, -0.05) is 12.1 Å². The number of nitrogens with zero attached hydrogens (tertiary/aromatic N) is 4. The van der Waals surface area contributed by atoms with E-state index in [9.17, 15) is 0 Å². The van der Waals surface area contributed by atoms with Gasteiger partial charge in [-0.05, 0) is 28.9 Å². The van der Waals surface area contributed by atoms with E-state index in [-0.39, 0.29) is 0 Å². The number of hydrogen-bond acceptors (Lipinski definition) is 5. The minimum atomic E-state index is 0.460. The molecule has 1 aliphatic rings. The Balaban J connectivity index is 1.88. The second kappa shape index (κ2) is 6.94. The Labute approximate surface area is 143 Å². The minimum absolute atomic E-state index is 0.460. The lowest BCUT2D eigenvalue weighted by Gasteiger charge is -2.28. The van der Waals surface area contributed by atoms with E-state index < -0.39 is 0 Å². The summed E-state index contributed by atoms with van der Waals surface area (Å²) >= 11 is 3.43. The number of rotatable bonds is 3. The highest BCUT2D eigenvalue weighted by molar-refractivity contribution is 9.10. The number of anilines is 1. The maximum Gasteiger partial charge on any atom is 0.224 e. The van der Waals surface area contributed by atoms with Crippen molar-refractivity contribution in [2.45, 2.75) is 6.92 Å². The maximum atomic E-state index is 7.10. The summed E-state index contributed by atoms with van der Waals surface area (Å²) in [6.45, 7) is 11.9. The molecule has 0 unspecified atom stereocenters. The number of morpholine rings is 1. The summed E-state index contributed by atoms with van der Waals surface area (Å²) in [4.78, 5) is 14.4. The zero-order chi connectivity index (χ0) is 16.2. The van der Waals surface area contributed by atoms with Crippen molar-refractivity contribution < 1.29 is 9.47 Å². The molecule has 0 spiro atoms. The van der Waals surface area contributed by atoms with Crippen molar-refractivity contribution in [3.8, 4) is 11.6 Å². The van der Waals surface area contributed by atoms with Crippen LogP contribution >= 0.6 is 15.9 Å². The molecular weight excluding hydrogens is 360 g/mol. The normalized spacial score (nSPS) is 14.4. The minimum Gasteiger partial charge on any atom is -0.439 e. The first-order valence-electron chi connectivity index (χ1n) is 7.19. The summed E-state index contributed by atoms with van der Waals surface area (Å²) in [6, 6.07) is 7.02. The zero-order valence-corrected chi connectivity index (χ0v) is 14.2. The first-order chi connectivity index (χ1) is 11.2. The Morgan fingerprint density at radius 1 is 1.26 bits per heavy atom. The highest BCUT2D eigenvalue weighted by Gasteiger charge is 2.15. The van der Waals surface area contributed by atoms with Crippen molar-refractivity contribution in [3.63, 3.8) is 0 Å². The third-order valence-corrected chi connectivity index (χ3v) is 4.05. The summed E-state index contributed by atoms with van der Waals surface area (Å²) < 4.78 is 12.0. The molecule has 0 saturated carbocycles. The molecule has 118 valence electrons. The molecule has 0 aliphatic carbocycles. The molecule has 23 heavy (non-hydrogen) atoms. The first kappa shape index (κ1) is 15.7. The molecule has 3 rings (SSSR count). The van der Waals surface area contributed by atoms with Crippen LogP contribution in [0.15, 0.2) is 28.7 Å². The van der Waals surface area contributed by atoms with Crippen LogP contribution in [-0.2, 0) is 4.74 Å². The molecule has 7 heteroatoms. The molecule has 1 saturated heterocycles. The predicted molar refractivity (Wildman–Crippen MR) is 90.3 cm³/mol. The van der Waals surface area contributed by atoms with Crippen LogP contribution in [0.2, 0.25) is 0 Å². The predicted octanol–water partition coefficient (Wildman–Crippen LogP) is 3.73. The van der Waals surface area contributed by atoms with Crippen LogP contribution in [0, 0.1) is 13.5 Å². The summed E-state index contributed by atoms with van der Waals surface area (Å²) in [6.07, 6.45) is 0. The fourth-order valence-corrected chi connectivity index (χ4v) is 2.61. The average Bonchev–Trinajstić information content (AvgIpc) is 2.57. The standard InChI is InChI=1S/C16H15BrN4O2/c1-11-19-15(21-5-7-22-8-6-21)10-16(20-11)23-14-9-12(18-2)3-4-13(14)17/h3-4,9-10H,5-8H2,1H3. The molecular formula is C16H15BrN4O2. The van der Waals surface area contributed by atoms with Gasteiger partial charge in [-0.15, -0.1) is 0 Å². The smallest absolute Gasteiger partial charge is 0.224 e.